The molecule has 1 aliphatic heterocycles. The second-order valence-corrected chi connectivity index (χ2v) is 6.30. The Kier molecular flexibility index (Phi) is 5.48. The van der Waals surface area contributed by atoms with Gasteiger partial charge in [0.1, 0.15) is 17.4 Å². The largest absolute Gasteiger partial charge is 0.573 e. The lowest BCUT2D eigenvalue weighted by molar-refractivity contribution is -0.274. The molecule has 3 rings (SSSR count). The van der Waals surface area contributed by atoms with Crippen molar-refractivity contribution >= 4 is 11.8 Å². The number of ether oxygens (including phenoxy) is 1. The topological polar surface area (TPSA) is 67.4 Å². The number of carbonyl (C=O) groups excluding carboxylic acids is 1. The lowest BCUT2D eigenvalue weighted by atomic mass is 9.89. The monoisotopic (exact) mass is 380 g/mol. The third kappa shape index (κ3) is 5.32. The van der Waals surface area contributed by atoms with Crippen LogP contribution in [0.4, 0.5) is 23.8 Å². The molecule has 0 radical (unpaired) electrons. The summed E-state index contributed by atoms with van der Waals surface area (Å²) in [5.41, 5.74) is 0.941. The third-order valence-electron chi connectivity index (χ3n) is 4.38. The van der Waals surface area contributed by atoms with Gasteiger partial charge in [-0.15, -0.1) is 13.2 Å². The van der Waals surface area contributed by atoms with Gasteiger partial charge in [-0.05, 0) is 49.4 Å². The van der Waals surface area contributed by atoms with Crippen molar-refractivity contribution in [2.75, 3.05) is 18.4 Å². The number of nitrogens with one attached hydrogen (secondary N) is 1. The predicted molar refractivity (Wildman–Crippen MR) is 92.5 cm³/mol. The van der Waals surface area contributed by atoms with Crippen molar-refractivity contribution in [2.24, 2.45) is 0 Å². The Hall–Kier alpha value is -2.84. The summed E-state index contributed by atoms with van der Waals surface area (Å²) >= 11 is 0. The van der Waals surface area contributed by atoms with Crippen molar-refractivity contribution < 1.29 is 22.7 Å². The zero-order chi connectivity index (χ0) is 19.4. The van der Waals surface area contributed by atoms with Crippen LogP contribution in [0.5, 0.6) is 5.75 Å². The van der Waals surface area contributed by atoms with Crippen LogP contribution in [0.3, 0.4) is 0 Å². The van der Waals surface area contributed by atoms with Gasteiger partial charge in [-0.1, -0.05) is 12.1 Å². The van der Waals surface area contributed by atoms with Crippen molar-refractivity contribution in [3.05, 3.63) is 47.9 Å². The molecular weight excluding hydrogens is 361 g/mol. The van der Waals surface area contributed by atoms with E-state index in [-0.39, 0.29) is 17.7 Å². The van der Waals surface area contributed by atoms with Gasteiger partial charge < -0.3 is 9.64 Å². The minimum atomic E-state index is -4.69. The molecule has 0 saturated carbocycles. The number of hydrogen-bond acceptors (Lipinski definition) is 4. The third-order valence-corrected chi connectivity index (χ3v) is 4.38. The first-order valence-corrected chi connectivity index (χ1v) is 8.51. The van der Waals surface area contributed by atoms with Crippen molar-refractivity contribution in [2.45, 2.75) is 32.0 Å². The Morgan fingerprint density at radius 2 is 1.85 bits per heavy atom. The normalized spacial score (nSPS) is 15.5. The second kappa shape index (κ2) is 7.81. The summed E-state index contributed by atoms with van der Waals surface area (Å²) in [6.07, 6.45) is -1.65. The molecule has 1 aromatic carbocycles. The van der Waals surface area contributed by atoms with Gasteiger partial charge in [-0.3, -0.25) is 5.32 Å². The fraction of sp³-hybridized carbons (Fsp3) is 0.389. The van der Waals surface area contributed by atoms with Crippen LogP contribution in [0.1, 0.15) is 30.1 Å². The van der Waals surface area contributed by atoms with Crippen LogP contribution in [0.25, 0.3) is 0 Å². The standard InChI is InChI=1S/C18H19F3N4O2/c1-12-22-9-6-16(23-12)24-17(26)25-10-7-14(8-11-25)13-2-4-15(5-3-13)27-18(19,20)21/h2-6,9,14H,7-8,10-11H2,1H3,(H,22,23,24,26). The van der Waals surface area contributed by atoms with Gasteiger partial charge in [-0.25, -0.2) is 14.8 Å². The summed E-state index contributed by atoms with van der Waals surface area (Å²) in [6, 6.07) is 7.33. The number of amides is 2. The molecule has 6 nitrogen and oxygen atoms in total. The second-order valence-electron chi connectivity index (χ2n) is 6.30. The van der Waals surface area contributed by atoms with Crippen LogP contribution in [0.15, 0.2) is 36.5 Å². The molecule has 2 aromatic rings. The number of alkyl halides is 3. The summed E-state index contributed by atoms with van der Waals surface area (Å²) in [5, 5.41) is 2.75. The molecule has 1 aromatic heterocycles. The summed E-state index contributed by atoms with van der Waals surface area (Å²) in [4.78, 5) is 22.2. The highest BCUT2D eigenvalue weighted by Gasteiger charge is 2.31. The van der Waals surface area contributed by atoms with Gasteiger partial charge in [0.2, 0.25) is 0 Å². The fourth-order valence-electron chi connectivity index (χ4n) is 3.07. The highest BCUT2D eigenvalue weighted by Crippen LogP contribution is 2.30. The fourth-order valence-corrected chi connectivity index (χ4v) is 3.07. The minimum absolute atomic E-state index is 0.190. The number of aryl methyl sites for hydroxylation is 1. The number of piperidine rings is 1. The average molecular weight is 380 g/mol. The zero-order valence-corrected chi connectivity index (χ0v) is 14.7. The van der Waals surface area contributed by atoms with E-state index in [9.17, 15) is 18.0 Å². The first kappa shape index (κ1) is 18.9. The number of likely N-dealkylation sites (tertiary alicyclic amines) is 1. The lowest BCUT2D eigenvalue weighted by Gasteiger charge is -2.32. The van der Waals surface area contributed by atoms with E-state index < -0.39 is 6.36 Å². The Morgan fingerprint density at radius 1 is 1.19 bits per heavy atom. The van der Waals surface area contributed by atoms with E-state index in [1.807, 2.05) is 0 Å². The quantitative estimate of drug-likeness (QED) is 0.871. The average Bonchev–Trinajstić information content (AvgIpc) is 2.61. The number of benzene rings is 1. The summed E-state index contributed by atoms with van der Waals surface area (Å²) in [7, 11) is 0. The van der Waals surface area contributed by atoms with Gasteiger partial charge in [0.05, 0.1) is 0 Å². The smallest absolute Gasteiger partial charge is 0.406 e. The van der Waals surface area contributed by atoms with E-state index >= 15 is 0 Å². The van der Waals surface area contributed by atoms with Crippen LogP contribution in [-0.2, 0) is 0 Å². The summed E-state index contributed by atoms with van der Waals surface area (Å²) < 4.78 is 40.5. The number of aromatic nitrogens is 2. The number of rotatable bonds is 3. The highest BCUT2D eigenvalue weighted by atomic mass is 19.4. The van der Waals surface area contributed by atoms with Crippen molar-refractivity contribution in [1.82, 2.24) is 14.9 Å². The van der Waals surface area contributed by atoms with Gasteiger partial charge in [0, 0.05) is 19.3 Å². The molecule has 0 aliphatic carbocycles. The van der Waals surface area contributed by atoms with Crippen molar-refractivity contribution in [1.29, 1.82) is 0 Å². The maximum atomic E-state index is 12.3. The Balaban J connectivity index is 1.53. The Bertz CT molecular complexity index is 788. The molecule has 0 unspecified atom stereocenters. The molecule has 0 bridgehead atoms. The summed E-state index contributed by atoms with van der Waals surface area (Å²) in [6.45, 7) is 2.86. The molecule has 0 spiro atoms. The van der Waals surface area contributed by atoms with E-state index in [4.69, 9.17) is 0 Å². The maximum absolute atomic E-state index is 12.3. The number of carbonyl (C=O) groups is 1. The van der Waals surface area contributed by atoms with E-state index in [0.29, 0.717) is 24.7 Å². The molecule has 0 atom stereocenters. The molecule has 144 valence electrons. The van der Waals surface area contributed by atoms with E-state index in [2.05, 4.69) is 20.0 Å². The molecular formula is C18H19F3N4O2. The molecule has 2 amide bonds. The van der Waals surface area contributed by atoms with Crippen LogP contribution in [0, 0.1) is 6.92 Å². The van der Waals surface area contributed by atoms with Crippen LogP contribution < -0.4 is 10.1 Å². The summed E-state index contributed by atoms with van der Waals surface area (Å²) in [5.74, 6) is 0.984. The van der Waals surface area contributed by atoms with Crippen molar-refractivity contribution in [3.63, 3.8) is 0 Å². The van der Waals surface area contributed by atoms with Crippen LogP contribution >= 0.6 is 0 Å². The molecule has 1 aliphatic rings. The zero-order valence-electron chi connectivity index (χ0n) is 14.7. The first-order chi connectivity index (χ1) is 12.8. The lowest BCUT2D eigenvalue weighted by Crippen LogP contribution is -2.40. The van der Waals surface area contributed by atoms with E-state index in [1.165, 1.54) is 12.1 Å². The number of urea groups is 1. The molecule has 1 fully saturated rings. The number of anilines is 1. The molecule has 1 N–H and O–H groups in total. The van der Waals surface area contributed by atoms with Crippen LogP contribution in [0.2, 0.25) is 0 Å². The molecule has 9 heteroatoms. The molecule has 1 saturated heterocycles. The first-order valence-electron chi connectivity index (χ1n) is 8.51. The van der Waals surface area contributed by atoms with Gasteiger partial charge in [0.15, 0.2) is 0 Å². The highest BCUT2D eigenvalue weighted by molar-refractivity contribution is 5.88. The Morgan fingerprint density at radius 3 is 2.44 bits per heavy atom. The number of halogens is 3. The van der Waals surface area contributed by atoms with E-state index in [0.717, 1.165) is 18.4 Å². The number of nitrogens with zero attached hydrogens (tertiary/aromatic N) is 3. The van der Waals surface area contributed by atoms with E-state index in [1.54, 1.807) is 36.2 Å². The van der Waals surface area contributed by atoms with Crippen LogP contribution in [-0.4, -0.2) is 40.4 Å². The predicted octanol–water partition coefficient (Wildman–Crippen LogP) is 4.10. The molecule has 2 heterocycles. The number of hydrogen-bond donors (Lipinski definition) is 1. The van der Waals surface area contributed by atoms with Gasteiger partial charge in [-0.2, -0.15) is 0 Å². The Labute approximate surface area is 154 Å². The van der Waals surface area contributed by atoms with Gasteiger partial charge in [0.25, 0.3) is 0 Å². The minimum Gasteiger partial charge on any atom is -0.406 e. The van der Waals surface area contributed by atoms with Gasteiger partial charge >= 0.3 is 12.4 Å². The SMILES string of the molecule is Cc1nccc(NC(=O)N2CCC(c3ccc(OC(F)(F)F)cc3)CC2)n1. The van der Waals surface area contributed by atoms with Crippen molar-refractivity contribution in [3.8, 4) is 5.75 Å². The molecule has 27 heavy (non-hydrogen) atoms. The maximum Gasteiger partial charge on any atom is 0.573 e.